The van der Waals surface area contributed by atoms with Gasteiger partial charge in [0.2, 0.25) is 0 Å². The van der Waals surface area contributed by atoms with Crippen molar-refractivity contribution in [3.05, 3.63) is 0 Å². The molecule has 21 heavy (non-hydrogen) atoms. The average molecular weight is 296 g/mol. The van der Waals surface area contributed by atoms with Crippen molar-refractivity contribution in [1.82, 2.24) is 9.80 Å². The van der Waals surface area contributed by atoms with Crippen molar-refractivity contribution < 1.29 is 9.53 Å². The van der Waals surface area contributed by atoms with Gasteiger partial charge in [-0.25, -0.2) is 0 Å². The molecule has 0 aromatic heterocycles. The Morgan fingerprint density at radius 2 is 1.76 bits per heavy atom. The Kier molecular flexibility index (Phi) is 6.97. The zero-order valence-electron chi connectivity index (χ0n) is 13.9. The van der Waals surface area contributed by atoms with Gasteiger partial charge in [0.1, 0.15) is 0 Å². The summed E-state index contributed by atoms with van der Waals surface area (Å²) in [7, 11) is 2.21. The Bertz CT molecular complexity index is 306. The van der Waals surface area contributed by atoms with Gasteiger partial charge in [-0.1, -0.05) is 13.3 Å². The zero-order valence-corrected chi connectivity index (χ0v) is 13.9. The van der Waals surface area contributed by atoms with Crippen LogP contribution in [0.1, 0.15) is 51.9 Å². The van der Waals surface area contributed by atoms with Gasteiger partial charge in [0.05, 0.1) is 6.61 Å². The number of unbranched alkanes of at least 4 members (excludes halogenated alkanes) is 1. The van der Waals surface area contributed by atoms with E-state index in [4.69, 9.17) is 4.74 Å². The molecular weight excluding hydrogens is 264 g/mol. The van der Waals surface area contributed by atoms with Crippen molar-refractivity contribution in [3.8, 4) is 0 Å². The van der Waals surface area contributed by atoms with E-state index in [1.165, 1.54) is 39.0 Å². The number of likely N-dealkylation sites (tertiary alicyclic amines) is 2. The van der Waals surface area contributed by atoms with Crippen LogP contribution in [0.5, 0.6) is 0 Å². The molecule has 2 saturated heterocycles. The lowest BCUT2D eigenvalue weighted by atomic mass is 9.91. The number of piperidine rings is 2. The lowest BCUT2D eigenvalue weighted by molar-refractivity contribution is -0.145. The number of rotatable bonds is 6. The maximum absolute atomic E-state index is 11.8. The molecule has 0 aromatic carbocycles. The van der Waals surface area contributed by atoms with Crippen LogP contribution in [0.2, 0.25) is 0 Å². The molecule has 0 bridgehead atoms. The Morgan fingerprint density at radius 3 is 2.38 bits per heavy atom. The van der Waals surface area contributed by atoms with Gasteiger partial charge >= 0.3 is 5.97 Å². The highest BCUT2D eigenvalue weighted by molar-refractivity contribution is 5.69. The third-order valence-electron chi connectivity index (χ3n) is 5.07. The van der Waals surface area contributed by atoms with Crippen molar-refractivity contribution in [2.45, 2.75) is 57.9 Å². The molecule has 2 aliphatic rings. The second kappa shape index (κ2) is 8.74. The van der Waals surface area contributed by atoms with Gasteiger partial charge in [0.25, 0.3) is 0 Å². The van der Waals surface area contributed by atoms with E-state index < -0.39 is 0 Å². The smallest absolute Gasteiger partial charge is 0.306 e. The Labute approximate surface area is 129 Å². The van der Waals surface area contributed by atoms with Crippen molar-refractivity contribution in [2.75, 3.05) is 39.8 Å². The van der Waals surface area contributed by atoms with E-state index in [2.05, 4.69) is 23.8 Å². The topological polar surface area (TPSA) is 32.8 Å². The van der Waals surface area contributed by atoms with Gasteiger partial charge in [-0.2, -0.15) is 0 Å². The van der Waals surface area contributed by atoms with Crippen LogP contribution >= 0.6 is 0 Å². The van der Waals surface area contributed by atoms with E-state index >= 15 is 0 Å². The lowest BCUT2D eigenvalue weighted by Gasteiger charge is -2.41. The molecule has 0 radical (unpaired) electrons. The van der Waals surface area contributed by atoms with Gasteiger partial charge in [-0.15, -0.1) is 0 Å². The van der Waals surface area contributed by atoms with E-state index in [0.29, 0.717) is 18.9 Å². The number of carbonyl (C=O) groups is 1. The molecule has 0 amide bonds. The van der Waals surface area contributed by atoms with Crippen molar-refractivity contribution >= 4 is 5.97 Å². The van der Waals surface area contributed by atoms with Gasteiger partial charge in [-0.3, -0.25) is 4.79 Å². The number of hydrogen-bond donors (Lipinski definition) is 0. The number of nitrogens with zero attached hydrogens (tertiary/aromatic N) is 2. The van der Waals surface area contributed by atoms with Crippen LogP contribution < -0.4 is 0 Å². The molecule has 0 spiro atoms. The second-order valence-electron chi connectivity index (χ2n) is 6.79. The first-order chi connectivity index (χ1) is 10.2. The number of ether oxygens (including phenoxy) is 1. The minimum atomic E-state index is 0.0150. The lowest BCUT2D eigenvalue weighted by Crippen LogP contribution is -2.47. The predicted octanol–water partition coefficient (Wildman–Crippen LogP) is 2.53. The normalized spacial score (nSPS) is 23.3. The summed E-state index contributed by atoms with van der Waals surface area (Å²) in [6.45, 7) is 7.52. The minimum absolute atomic E-state index is 0.0150. The monoisotopic (exact) mass is 296 g/mol. The first kappa shape index (κ1) is 16.8. The highest BCUT2D eigenvalue weighted by atomic mass is 16.5. The van der Waals surface area contributed by atoms with Crippen LogP contribution in [0.4, 0.5) is 0 Å². The van der Waals surface area contributed by atoms with Gasteiger partial charge in [-0.05, 0) is 71.2 Å². The second-order valence-corrected chi connectivity index (χ2v) is 6.79. The van der Waals surface area contributed by atoms with Crippen molar-refractivity contribution in [1.29, 1.82) is 0 Å². The summed E-state index contributed by atoms with van der Waals surface area (Å²) in [4.78, 5) is 16.8. The Morgan fingerprint density at radius 1 is 1.10 bits per heavy atom. The third-order valence-corrected chi connectivity index (χ3v) is 5.07. The standard InChI is InChI=1S/C17H32N2O2/c1-3-4-13-21-17(20)14-15-5-11-19(12-6-15)16-7-9-18(2)10-8-16/h15-16H,3-14H2,1-2H3. The molecule has 122 valence electrons. The maximum atomic E-state index is 11.8. The summed E-state index contributed by atoms with van der Waals surface area (Å²) in [6, 6.07) is 0.777. The van der Waals surface area contributed by atoms with E-state index in [1.54, 1.807) is 0 Å². The molecule has 4 nitrogen and oxygen atoms in total. The highest BCUT2D eigenvalue weighted by Crippen LogP contribution is 2.25. The maximum Gasteiger partial charge on any atom is 0.306 e. The van der Waals surface area contributed by atoms with Crippen LogP contribution in [0.25, 0.3) is 0 Å². The fraction of sp³-hybridized carbons (Fsp3) is 0.941. The molecular formula is C17H32N2O2. The molecule has 4 heteroatoms. The van der Waals surface area contributed by atoms with Crippen molar-refractivity contribution in [2.24, 2.45) is 5.92 Å². The summed E-state index contributed by atoms with van der Waals surface area (Å²) < 4.78 is 5.28. The summed E-state index contributed by atoms with van der Waals surface area (Å²) in [5, 5.41) is 0. The third kappa shape index (κ3) is 5.59. The number of carbonyl (C=O) groups excluding carboxylic acids is 1. The molecule has 0 atom stereocenters. The highest BCUT2D eigenvalue weighted by Gasteiger charge is 2.28. The van der Waals surface area contributed by atoms with Gasteiger partial charge < -0.3 is 14.5 Å². The van der Waals surface area contributed by atoms with Crippen LogP contribution in [-0.2, 0) is 9.53 Å². The molecule has 2 heterocycles. The fourth-order valence-electron chi connectivity index (χ4n) is 3.51. The predicted molar refractivity (Wildman–Crippen MR) is 85.3 cm³/mol. The van der Waals surface area contributed by atoms with E-state index in [1.807, 2.05) is 0 Å². The molecule has 0 aliphatic carbocycles. The zero-order chi connectivity index (χ0) is 15.1. The summed E-state index contributed by atoms with van der Waals surface area (Å²) in [6.07, 6.45) is 7.64. The molecule has 0 N–H and O–H groups in total. The van der Waals surface area contributed by atoms with Gasteiger partial charge in [0.15, 0.2) is 0 Å². The SMILES string of the molecule is CCCCOC(=O)CC1CCN(C2CCN(C)CC2)CC1. The van der Waals surface area contributed by atoms with E-state index in [-0.39, 0.29) is 5.97 Å². The minimum Gasteiger partial charge on any atom is -0.466 e. The average Bonchev–Trinajstić information content (AvgIpc) is 2.49. The molecule has 2 aliphatic heterocycles. The summed E-state index contributed by atoms with van der Waals surface area (Å²) >= 11 is 0. The van der Waals surface area contributed by atoms with Crippen LogP contribution in [0.15, 0.2) is 0 Å². The van der Waals surface area contributed by atoms with Crippen LogP contribution in [0.3, 0.4) is 0 Å². The molecule has 2 fully saturated rings. The van der Waals surface area contributed by atoms with Crippen molar-refractivity contribution in [3.63, 3.8) is 0 Å². The Hall–Kier alpha value is -0.610. The largest absolute Gasteiger partial charge is 0.466 e. The summed E-state index contributed by atoms with van der Waals surface area (Å²) in [5.41, 5.74) is 0. The van der Waals surface area contributed by atoms with Crippen LogP contribution in [0, 0.1) is 5.92 Å². The molecule has 0 aromatic rings. The number of hydrogen-bond acceptors (Lipinski definition) is 4. The molecule has 0 saturated carbocycles. The van der Waals surface area contributed by atoms with E-state index in [9.17, 15) is 4.79 Å². The van der Waals surface area contributed by atoms with E-state index in [0.717, 1.165) is 31.7 Å². The summed E-state index contributed by atoms with van der Waals surface area (Å²) in [5.74, 6) is 0.558. The molecule has 0 unspecified atom stereocenters. The van der Waals surface area contributed by atoms with Crippen LogP contribution in [-0.4, -0.2) is 61.6 Å². The Balaban J connectivity index is 1.62. The quantitative estimate of drug-likeness (QED) is 0.557. The first-order valence-electron chi connectivity index (χ1n) is 8.77. The fourth-order valence-corrected chi connectivity index (χ4v) is 3.51. The van der Waals surface area contributed by atoms with Gasteiger partial charge in [0, 0.05) is 12.5 Å². The first-order valence-corrected chi connectivity index (χ1v) is 8.77. The number of esters is 1. The molecule has 2 rings (SSSR count).